The smallest absolute Gasteiger partial charge is 0.328 e. The molecule has 3 N–H and O–H groups in total. The predicted molar refractivity (Wildman–Crippen MR) is 134 cm³/mol. The van der Waals surface area contributed by atoms with Crippen LogP contribution >= 0.6 is 11.6 Å². The molecular weight excluding hydrogens is 494 g/mol. The molecule has 0 fully saturated rings. The molecule has 1 heterocycles. The predicted octanol–water partition coefficient (Wildman–Crippen LogP) is 3.57. The van der Waals surface area contributed by atoms with Crippen molar-refractivity contribution in [1.29, 1.82) is 0 Å². The average Bonchev–Trinajstić information content (AvgIpc) is 2.82. The van der Waals surface area contributed by atoms with Gasteiger partial charge in [-0.2, -0.15) is 0 Å². The zero-order valence-corrected chi connectivity index (χ0v) is 21.6. The van der Waals surface area contributed by atoms with Gasteiger partial charge in [-0.25, -0.2) is 17.9 Å². The SMILES string of the molecule is CCNC(=O)NS(=O)(=O)C1CC(C(C)NC(=O)c2cc(Cl)ccc2OC)c2ccc(CC)cc2O1. The maximum Gasteiger partial charge on any atom is 0.328 e. The van der Waals surface area contributed by atoms with E-state index < -0.39 is 39.4 Å². The number of carbonyl (C=O) groups is 2. The lowest BCUT2D eigenvalue weighted by molar-refractivity contribution is 0.0924. The molecule has 0 saturated heterocycles. The van der Waals surface area contributed by atoms with Gasteiger partial charge in [-0.1, -0.05) is 30.7 Å². The van der Waals surface area contributed by atoms with E-state index in [-0.39, 0.29) is 18.5 Å². The number of halogens is 1. The Balaban J connectivity index is 1.91. The molecule has 0 aliphatic carbocycles. The molecule has 0 aromatic heterocycles. The zero-order chi connectivity index (χ0) is 25.8. The highest BCUT2D eigenvalue weighted by molar-refractivity contribution is 7.90. The van der Waals surface area contributed by atoms with E-state index in [4.69, 9.17) is 21.1 Å². The lowest BCUT2D eigenvalue weighted by Crippen LogP contribution is -2.49. The first kappa shape index (κ1) is 26.6. The zero-order valence-electron chi connectivity index (χ0n) is 20.1. The van der Waals surface area contributed by atoms with Gasteiger partial charge in [-0.3, -0.25) is 4.79 Å². The van der Waals surface area contributed by atoms with Gasteiger partial charge in [0.2, 0.25) is 5.44 Å². The minimum Gasteiger partial charge on any atom is -0.496 e. The number of fused-ring (bicyclic) bond motifs is 1. The van der Waals surface area contributed by atoms with Gasteiger partial charge >= 0.3 is 6.03 Å². The molecule has 3 atom stereocenters. The van der Waals surface area contributed by atoms with Gasteiger partial charge in [-0.05, 0) is 55.7 Å². The van der Waals surface area contributed by atoms with Gasteiger partial charge in [0, 0.05) is 29.9 Å². The van der Waals surface area contributed by atoms with E-state index in [2.05, 4.69) is 10.6 Å². The number of urea groups is 1. The number of hydrogen-bond donors (Lipinski definition) is 3. The van der Waals surface area contributed by atoms with Crippen LogP contribution in [0.2, 0.25) is 5.02 Å². The molecule has 3 amide bonds. The van der Waals surface area contributed by atoms with E-state index in [9.17, 15) is 18.0 Å². The largest absolute Gasteiger partial charge is 0.496 e. The third kappa shape index (κ3) is 6.18. The number of sulfonamides is 1. The third-order valence-electron chi connectivity index (χ3n) is 5.88. The Morgan fingerprint density at radius 3 is 2.60 bits per heavy atom. The molecule has 11 heteroatoms. The first-order valence-corrected chi connectivity index (χ1v) is 13.2. The molecule has 1 aliphatic heterocycles. The molecular formula is C24H30ClN3O6S. The number of aryl methyl sites for hydroxylation is 1. The fourth-order valence-corrected chi connectivity index (χ4v) is 5.35. The number of hydrogen-bond acceptors (Lipinski definition) is 6. The van der Waals surface area contributed by atoms with Crippen molar-refractivity contribution in [2.45, 2.75) is 51.0 Å². The van der Waals surface area contributed by atoms with Crippen LogP contribution in [0.15, 0.2) is 36.4 Å². The van der Waals surface area contributed by atoms with E-state index in [1.807, 2.05) is 23.8 Å². The normalized spacial score (nSPS) is 18.0. The Labute approximate surface area is 210 Å². The summed E-state index contributed by atoms with van der Waals surface area (Å²) < 4.78 is 39.1. The molecule has 2 aromatic rings. The van der Waals surface area contributed by atoms with Crippen molar-refractivity contribution in [3.8, 4) is 11.5 Å². The fourth-order valence-electron chi connectivity index (χ4n) is 4.03. The molecule has 0 bridgehead atoms. The molecule has 9 nitrogen and oxygen atoms in total. The van der Waals surface area contributed by atoms with E-state index >= 15 is 0 Å². The van der Waals surface area contributed by atoms with Gasteiger partial charge < -0.3 is 20.1 Å². The fraction of sp³-hybridized carbons (Fsp3) is 0.417. The Hall–Kier alpha value is -2.98. The van der Waals surface area contributed by atoms with E-state index in [0.29, 0.717) is 16.5 Å². The number of benzene rings is 2. The van der Waals surface area contributed by atoms with Gasteiger partial charge in [0.1, 0.15) is 11.5 Å². The van der Waals surface area contributed by atoms with Crippen LogP contribution < -0.4 is 24.8 Å². The highest BCUT2D eigenvalue weighted by atomic mass is 35.5. The maximum absolute atomic E-state index is 13.1. The lowest BCUT2D eigenvalue weighted by atomic mass is 9.86. The van der Waals surface area contributed by atoms with Gasteiger partial charge in [0.05, 0.1) is 12.7 Å². The number of carbonyl (C=O) groups excluding carboxylic acids is 2. The number of methoxy groups -OCH3 is 1. The van der Waals surface area contributed by atoms with Crippen molar-refractivity contribution in [3.63, 3.8) is 0 Å². The van der Waals surface area contributed by atoms with Crippen molar-refractivity contribution in [2.24, 2.45) is 0 Å². The van der Waals surface area contributed by atoms with Crippen molar-refractivity contribution in [1.82, 2.24) is 15.4 Å². The topological polar surface area (TPSA) is 123 Å². The summed E-state index contributed by atoms with van der Waals surface area (Å²) in [5, 5.41) is 5.73. The summed E-state index contributed by atoms with van der Waals surface area (Å²) in [5.74, 6) is -0.0384. The highest BCUT2D eigenvalue weighted by Gasteiger charge is 2.40. The molecule has 0 spiro atoms. The maximum atomic E-state index is 13.1. The van der Waals surface area contributed by atoms with Crippen LogP contribution in [0.1, 0.15) is 54.6 Å². The second kappa shape index (κ2) is 11.2. The van der Waals surface area contributed by atoms with Crippen LogP contribution in [0.25, 0.3) is 0 Å². The monoisotopic (exact) mass is 523 g/mol. The Morgan fingerprint density at radius 2 is 1.94 bits per heavy atom. The first-order valence-electron chi connectivity index (χ1n) is 11.3. The quantitative estimate of drug-likeness (QED) is 0.486. The number of nitrogens with one attached hydrogen (secondary N) is 3. The Morgan fingerprint density at radius 1 is 1.20 bits per heavy atom. The summed E-state index contributed by atoms with van der Waals surface area (Å²) in [7, 11) is -2.71. The Bertz CT molecular complexity index is 1200. The number of rotatable bonds is 8. The van der Waals surface area contributed by atoms with E-state index in [1.165, 1.54) is 13.2 Å². The number of ether oxygens (including phenoxy) is 2. The lowest BCUT2D eigenvalue weighted by Gasteiger charge is -2.35. The minimum atomic E-state index is -4.16. The number of amides is 3. The van der Waals surface area contributed by atoms with E-state index in [0.717, 1.165) is 17.5 Å². The van der Waals surface area contributed by atoms with Crippen LogP contribution in [0, 0.1) is 0 Å². The van der Waals surface area contributed by atoms with Crippen molar-refractivity contribution < 1.29 is 27.5 Å². The van der Waals surface area contributed by atoms with Crippen LogP contribution in [-0.4, -0.2) is 45.5 Å². The van der Waals surface area contributed by atoms with Gasteiger partial charge in [0.25, 0.3) is 15.9 Å². The summed E-state index contributed by atoms with van der Waals surface area (Å²) in [6, 6.07) is 9.07. The summed E-state index contributed by atoms with van der Waals surface area (Å²) in [4.78, 5) is 25.0. The molecule has 35 heavy (non-hydrogen) atoms. The molecule has 3 unspecified atom stereocenters. The van der Waals surface area contributed by atoms with Crippen LogP contribution in [-0.2, 0) is 16.4 Å². The van der Waals surface area contributed by atoms with Crippen molar-refractivity contribution >= 4 is 33.6 Å². The van der Waals surface area contributed by atoms with Gasteiger partial charge in [-0.15, -0.1) is 0 Å². The summed E-state index contributed by atoms with van der Waals surface area (Å²) in [6.45, 7) is 5.73. The molecule has 0 radical (unpaired) electrons. The molecule has 0 saturated carbocycles. The van der Waals surface area contributed by atoms with Gasteiger partial charge in [0.15, 0.2) is 0 Å². The molecule has 2 aromatic carbocycles. The highest BCUT2D eigenvalue weighted by Crippen LogP contribution is 2.40. The Kier molecular flexibility index (Phi) is 8.50. The average molecular weight is 524 g/mol. The van der Waals surface area contributed by atoms with Crippen LogP contribution in [0.4, 0.5) is 4.79 Å². The van der Waals surface area contributed by atoms with Crippen LogP contribution in [0.3, 0.4) is 0 Å². The van der Waals surface area contributed by atoms with E-state index in [1.54, 1.807) is 32.0 Å². The van der Waals surface area contributed by atoms with Crippen LogP contribution in [0.5, 0.6) is 11.5 Å². The standard InChI is InChI=1S/C24H30ClN3O6S/c1-5-15-7-9-17-18(14(3)27-23(29)19-12-16(25)8-10-20(19)33-4)13-22(34-21(17)11-15)35(31,32)28-24(30)26-6-2/h7-12,14,18,22H,5-6,13H2,1-4H3,(H,27,29)(H2,26,28,30). The summed E-state index contributed by atoms with van der Waals surface area (Å²) in [6.07, 6.45) is 0.762. The third-order valence-corrected chi connectivity index (χ3v) is 7.56. The second-order valence-corrected chi connectivity index (χ2v) is 10.5. The minimum absolute atomic E-state index is 0.0291. The van der Waals surface area contributed by atoms with Crippen molar-refractivity contribution in [2.75, 3.05) is 13.7 Å². The first-order chi connectivity index (χ1) is 16.6. The molecule has 3 rings (SSSR count). The summed E-state index contributed by atoms with van der Waals surface area (Å²) in [5.41, 5.74) is 0.687. The second-order valence-electron chi connectivity index (χ2n) is 8.23. The molecule has 1 aliphatic rings. The summed E-state index contributed by atoms with van der Waals surface area (Å²) >= 11 is 6.07. The molecule has 190 valence electrons. The van der Waals surface area contributed by atoms with Crippen molar-refractivity contribution in [3.05, 3.63) is 58.1 Å².